The molecule has 1 unspecified atom stereocenters. The number of fused-ring (bicyclic) bond motifs is 1. The number of carbonyl (C=O) groups excluding carboxylic acids is 1. The Morgan fingerprint density at radius 3 is 2.61 bits per heavy atom. The van der Waals surface area contributed by atoms with Crippen LogP contribution in [0, 0.1) is 5.82 Å². The molecule has 0 amide bonds. The third-order valence-electron chi connectivity index (χ3n) is 5.13. The number of ether oxygens (including phenoxy) is 1. The van der Waals surface area contributed by atoms with E-state index in [9.17, 15) is 13.6 Å². The van der Waals surface area contributed by atoms with Crippen LogP contribution in [0.2, 0.25) is 0 Å². The van der Waals surface area contributed by atoms with E-state index in [1.807, 2.05) is 18.4 Å². The Hall–Kier alpha value is -2.07. The molecular weight excluding hydrogens is 466 g/mol. The van der Waals surface area contributed by atoms with E-state index in [2.05, 4.69) is 23.2 Å². The number of nitrogens with zero attached hydrogens (tertiary/aromatic N) is 2. The first-order valence-corrected chi connectivity index (χ1v) is 12.5. The number of rotatable bonds is 8. The lowest BCUT2D eigenvalue weighted by atomic mass is 10.1. The second-order valence-electron chi connectivity index (χ2n) is 7.23. The Morgan fingerprint density at radius 2 is 2.00 bits per heavy atom. The molecule has 0 spiro atoms. The summed E-state index contributed by atoms with van der Waals surface area (Å²) in [5.41, 5.74) is 1.90. The van der Waals surface area contributed by atoms with E-state index < -0.39 is 5.83 Å². The van der Waals surface area contributed by atoms with Crippen LogP contribution in [0.4, 0.5) is 20.2 Å². The average Bonchev–Trinajstić information content (AvgIpc) is 2.97. The molecule has 0 aromatic heterocycles. The van der Waals surface area contributed by atoms with Crippen LogP contribution in [0.25, 0.3) is 0 Å². The van der Waals surface area contributed by atoms with Crippen LogP contribution in [0.3, 0.4) is 0 Å². The Bertz CT molecular complexity index is 942. The number of allylic oxidation sites excluding steroid dienone is 1. The summed E-state index contributed by atoms with van der Waals surface area (Å²) in [5, 5.41) is 7.00. The number of aliphatic hydroxyl groups is 1. The van der Waals surface area contributed by atoms with Crippen LogP contribution in [-0.2, 0) is 4.79 Å². The standard InChI is InChI=1S/C23H26F2N2O2S2.CH4O/c1-4-5-6-19-13-27(18-9-7-16(24)8-10-18)20-11-23(30-3)21(29-15-17(25)14-28)12-22(20)31-26(19)2;1-2/h7-12,14-15,19H,4-6,13H2,1-3H3;2H,1H3/b17-15-;. The zero-order valence-electron chi connectivity index (χ0n) is 19.3. The maximum atomic E-state index is 13.6. The van der Waals surface area contributed by atoms with Gasteiger partial charge in [-0.05, 0) is 68.1 Å². The van der Waals surface area contributed by atoms with Crippen LogP contribution in [-0.4, -0.2) is 48.7 Å². The number of benzene rings is 2. The minimum atomic E-state index is -0.973. The van der Waals surface area contributed by atoms with Crippen molar-refractivity contribution in [2.45, 2.75) is 42.0 Å². The number of anilines is 2. The predicted octanol–water partition coefficient (Wildman–Crippen LogP) is 6.19. The van der Waals surface area contributed by atoms with Crippen molar-refractivity contribution in [3.63, 3.8) is 0 Å². The number of aldehydes is 1. The molecule has 0 radical (unpaired) electrons. The van der Waals surface area contributed by atoms with Crippen molar-refractivity contribution >= 4 is 41.4 Å². The minimum absolute atomic E-state index is 0.110. The summed E-state index contributed by atoms with van der Waals surface area (Å²) in [6.07, 6.45) is 6.11. The van der Waals surface area contributed by atoms with Crippen LogP contribution >= 0.6 is 23.7 Å². The summed E-state index contributed by atoms with van der Waals surface area (Å²) in [6, 6.07) is 10.7. The minimum Gasteiger partial charge on any atom is -0.461 e. The highest BCUT2D eigenvalue weighted by molar-refractivity contribution is 7.98. The highest BCUT2D eigenvalue weighted by Crippen LogP contribution is 2.45. The van der Waals surface area contributed by atoms with Crippen LogP contribution < -0.4 is 9.64 Å². The fraction of sp³-hybridized carbons (Fsp3) is 0.375. The molecule has 1 N–H and O–H groups in total. The summed E-state index contributed by atoms with van der Waals surface area (Å²) in [7, 11) is 3.07. The van der Waals surface area contributed by atoms with E-state index >= 15 is 0 Å². The molecule has 1 atom stereocenters. The molecule has 3 rings (SSSR count). The Balaban J connectivity index is 0.00000187. The van der Waals surface area contributed by atoms with E-state index in [4.69, 9.17) is 9.84 Å². The molecule has 0 saturated carbocycles. The summed E-state index contributed by atoms with van der Waals surface area (Å²) in [5.74, 6) is -0.764. The number of likely N-dealkylation sites (N-methyl/N-ethyl adjacent to an activating group) is 1. The number of carbonyl (C=O) groups is 1. The van der Waals surface area contributed by atoms with Gasteiger partial charge in [0.05, 0.1) is 15.5 Å². The van der Waals surface area contributed by atoms with Crippen molar-refractivity contribution in [3.8, 4) is 5.75 Å². The first-order chi connectivity index (χ1) is 16.0. The van der Waals surface area contributed by atoms with Crippen LogP contribution in [0.15, 0.2) is 58.3 Å². The van der Waals surface area contributed by atoms with Gasteiger partial charge in [0.25, 0.3) is 0 Å². The molecular formula is C24H30F2N2O3S2. The zero-order chi connectivity index (χ0) is 24.4. The van der Waals surface area contributed by atoms with Gasteiger partial charge in [0.2, 0.25) is 0 Å². The fourth-order valence-electron chi connectivity index (χ4n) is 3.45. The molecule has 180 valence electrons. The highest BCUT2D eigenvalue weighted by Gasteiger charge is 2.28. The third kappa shape index (κ3) is 7.20. The van der Waals surface area contributed by atoms with Gasteiger partial charge >= 0.3 is 0 Å². The summed E-state index contributed by atoms with van der Waals surface area (Å²) in [6.45, 7) is 2.94. The first-order valence-electron chi connectivity index (χ1n) is 10.5. The van der Waals surface area contributed by atoms with Gasteiger partial charge in [-0.25, -0.2) is 8.70 Å². The van der Waals surface area contributed by atoms with Gasteiger partial charge in [0.1, 0.15) is 17.8 Å². The lowest BCUT2D eigenvalue weighted by molar-refractivity contribution is -0.106. The van der Waals surface area contributed by atoms with Crippen molar-refractivity contribution in [2.24, 2.45) is 0 Å². The second kappa shape index (κ2) is 13.6. The predicted molar refractivity (Wildman–Crippen MR) is 133 cm³/mol. The molecule has 1 aliphatic rings. The number of hydrogen-bond acceptors (Lipinski definition) is 7. The summed E-state index contributed by atoms with van der Waals surface area (Å²) < 4.78 is 34.6. The smallest absolute Gasteiger partial charge is 0.197 e. The number of halogens is 2. The monoisotopic (exact) mass is 496 g/mol. The zero-order valence-corrected chi connectivity index (χ0v) is 20.9. The highest BCUT2D eigenvalue weighted by atomic mass is 32.2. The Morgan fingerprint density at radius 1 is 1.30 bits per heavy atom. The molecule has 2 aromatic rings. The lowest BCUT2D eigenvalue weighted by Crippen LogP contribution is -2.35. The van der Waals surface area contributed by atoms with Gasteiger partial charge in [-0.3, -0.25) is 4.79 Å². The molecule has 0 aliphatic carbocycles. The normalized spacial score (nSPS) is 16.4. The Kier molecular flexibility index (Phi) is 11.2. The van der Waals surface area contributed by atoms with E-state index in [1.165, 1.54) is 23.9 Å². The molecule has 0 saturated heterocycles. The second-order valence-corrected chi connectivity index (χ2v) is 9.28. The van der Waals surface area contributed by atoms with Crippen molar-refractivity contribution < 1.29 is 23.4 Å². The largest absolute Gasteiger partial charge is 0.461 e. The number of unbranched alkanes of at least 4 members (excludes halogenated alkanes) is 1. The fourth-order valence-corrected chi connectivity index (χ4v) is 5.04. The molecule has 2 aromatic carbocycles. The molecule has 0 fully saturated rings. The van der Waals surface area contributed by atoms with E-state index in [0.717, 1.165) is 60.3 Å². The number of hydrogen-bond donors (Lipinski definition) is 1. The summed E-state index contributed by atoms with van der Waals surface area (Å²) >= 11 is 3.09. The number of aliphatic hydroxyl groups excluding tert-OH is 1. The number of thioether (sulfide) groups is 1. The van der Waals surface area contributed by atoms with Crippen LogP contribution in [0.5, 0.6) is 5.75 Å². The Labute approximate surface area is 202 Å². The van der Waals surface area contributed by atoms with Crippen LogP contribution in [0.1, 0.15) is 26.2 Å². The van der Waals surface area contributed by atoms with Gasteiger partial charge in [0.15, 0.2) is 12.1 Å². The van der Waals surface area contributed by atoms with E-state index in [1.54, 1.807) is 24.1 Å². The maximum absolute atomic E-state index is 13.6. The van der Waals surface area contributed by atoms with E-state index in [-0.39, 0.29) is 18.1 Å². The molecule has 33 heavy (non-hydrogen) atoms. The first kappa shape index (κ1) is 27.2. The maximum Gasteiger partial charge on any atom is 0.197 e. The molecule has 5 nitrogen and oxygen atoms in total. The van der Waals surface area contributed by atoms with Crippen molar-refractivity contribution in [3.05, 3.63) is 54.3 Å². The molecule has 1 heterocycles. The van der Waals surface area contributed by atoms with Gasteiger partial charge in [-0.15, -0.1) is 11.8 Å². The third-order valence-corrected chi connectivity index (χ3v) is 6.99. The average molecular weight is 497 g/mol. The van der Waals surface area contributed by atoms with Crippen molar-refractivity contribution in [1.82, 2.24) is 4.31 Å². The topological polar surface area (TPSA) is 53.0 Å². The van der Waals surface area contributed by atoms with Gasteiger partial charge in [-0.2, -0.15) is 4.39 Å². The van der Waals surface area contributed by atoms with E-state index in [0.29, 0.717) is 5.75 Å². The molecule has 9 heteroatoms. The quantitative estimate of drug-likeness (QED) is 0.154. The lowest BCUT2D eigenvalue weighted by Gasteiger charge is -2.30. The SMILES string of the molecule is CCCCC1CN(c2ccc(F)cc2)c2cc(SC)c(O/C=C(\F)C=O)cc2SN1C.CO. The van der Waals surface area contributed by atoms with Gasteiger partial charge < -0.3 is 14.7 Å². The molecule has 0 bridgehead atoms. The van der Waals surface area contributed by atoms with Gasteiger partial charge in [-0.1, -0.05) is 19.8 Å². The van der Waals surface area contributed by atoms with Crippen molar-refractivity contribution in [2.75, 3.05) is 31.9 Å². The molecule has 1 aliphatic heterocycles. The summed E-state index contributed by atoms with van der Waals surface area (Å²) in [4.78, 5) is 14.5. The van der Waals surface area contributed by atoms with Crippen molar-refractivity contribution in [1.29, 1.82) is 0 Å². The van der Waals surface area contributed by atoms with Gasteiger partial charge in [0, 0.05) is 25.4 Å².